The van der Waals surface area contributed by atoms with E-state index in [2.05, 4.69) is 0 Å². The molecule has 2 unspecified atom stereocenters. The number of rotatable bonds is 2. The average molecular weight is 346 g/mol. The van der Waals surface area contributed by atoms with Gasteiger partial charge < -0.3 is 24.0 Å². The van der Waals surface area contributed by atoms with Gasteiger partial charge in [-0.1, -0.05) is 0 Å². The van der Waals surface area contributed by atoms with Crippen molar-refractivity contribution in [2.45, 2.75) is 19.4 Å². The van der Waals surface area contributed by atoms with Crippen LogP contribution in [0, 0.1) is 5.92 Å². The molecule has 3 heterocycles. The molecule has 3 aliphatic heterocycles. The van der Waals surface area contributed by atoms with Gasteiger partial charge in [-0.05, 0) is 19.1 Å². The van der Waals surface area contributed by atoms with E-state index in [0.717, 1.165) is 5.69 Å². The minimum Gasteiger partial charge on any atom is -0.486 e. The lowest BCUT2D eigenvalue weighted by Crippen LogP contribution is -2.47. The minimum absolute atomic E-state index is 0.0312. The highest BCUT2D eigenvalue weighted by Crippen LogP contribution is 2.36. The molecular formula is C18H22N2O5. The molecule has 4 rings (SSSR count). The molecule has 134 valence electrons. The zero-order valence-corrected chi connectivity index (χ0v) is 14.3. The predicted octanol–water partition coefficient (Wildman–Crippen LogP) is 1.06. The Morgan fingerprint density at radius 3 is 2.72 bits per heavy atom. The van der Waals surface area contributed by atoms with Gasteiger partial charge >= 0.3 is 0 Å². The molecule has 2 saturated heterocycles. The predicted molar refractivity (Wildman–Crippen MR) is 89.9 cm³/mol. The second-order valence-corrected chi connectivity index (χ2v) is 6.70. The fraction of sp³-hybridized carbons (Fsp3) is 0.556. The van der Waals surface area contributed by atoms with Gasteiger partial charge in [-0.15, -0.1) is 0 Å². The van der Waals surface area contributed by atoms with E-state index in [9.17, 15) is 9.59 Å². The maximum atomic E-state index is 12.7. The summed E-state index contributed by atoms with van der Waals surface area (Å²) >= 11 is 0. The van der Waals surface area contributed by atoms with Crippen molar-refractivity contribution in [2.75, 3.05) is 44.4 Å². The van der Waals surface area contributed by atoms with Gasteiger partial charge in [0.15, 0.2) is 11.5 Å². The molecule has 25 heavy (non-hydrogen) atoms. The first-order chi connectivity index (χ1) is 12.1. The Hall–Kier alpha value is -2.28. The van der Waals surface area contributed by atoms with Gasteiger partial charge in [0.05, 0.1) is 18.6 Å². The first-order valence-corrected chi connectivity index (χ1v) is 8.72. The number of ether oxygens (including phenoxy) is 3. The zero-order valence-electron chi connectivity index (χ0n) is 14.3. The third kappa shape index (κ3) is 3.16. The molecule has 0 aliphatic carbocycles. The second kappa shape index (κ2) is 6.55. The minimum atomic E-state index is -0.300. The number of benzene rings is 1. The van der Waals surface area contributed by atoms with Crippen molar-refractivity contribution in [1.82, 2.24) is 4.90 Å². The molecule has 0 N–H and O–H groups in total. The van der Waals surface area contributed by atoms with Crippen LogP contribution in [-0.2, 0) is 14.3 Å². The Morgan fingerprint density at radius 2 is 1.92 bits per heavy atom. The maximum absolute atomic E-state index is 12.7. The summed E-state index contributed by atoms with van der Waals surface area (Å²) < 4.78 is 16.6. The monoisotopic (exact) mass is 346 g/mol. The number of nitrogens with zero attached hydrogens (tertiary/aromatic N) is 2. The standard InChI is InChI=1S/C18H22N2O5/c1-12-10-19(4-5-23-12)18(22)13-8-17(21)20(11-13)14-2-3-15-16(9-14)25-7-6-24-15/h2-3,9,12-13H,4-8,10-11H2,1H3. The van der Waals surface area contributed by atoms with Crippen LogP contribution in [-0.4, -0.2) is 62.3 Å². The van der Waals surface area contributed by atoms with Crippen LogP contribution in [0.3, 0.4) is 0 Å². The smallest absolute Gasteiger partial charge is 0.228 e. The number of carbonyl (C=O) groups excluding carboxylic acids is 2. The van der Waals surface area contributed by atoms with Crippen LogP contribution in [0.4, 0.5) is 5.69 Å². The van der Waals surface area contributed by atoms with Crippen molar-refractivity contribution < 1.29 is 23.8 Å². The van der Waals surface area contributed by atoms with Gasteiger partial charge in [-0.2, -0.15) is 0 Å². The van der Waals surface area contributed by atoms with Gasteiger partial charge in [-0.25, -0.2) is 0 Å². The van der Waals surface area contributed by atoms with Gasteiger partial charge in [0, 0.05) is 37.8 Å². The van der Waals surface area contributed by atoms with Crippen molar-refractivity contribution in [3.63, 3.8) is 0 Å². The summed E-state index contributed by atoms with van der Waals surface area (Å²) in [5.74, 6) is 1.05. The van der Waals surface area contributed by atoms with Crippen LogP contribution >= 0.6 is 0 Å². The summed E-state index contributed by atoms with van der Waals surface area (Å²) in [7, 11) is 0. The molecule has 0 aromatic heterocycles. The summed E-state index contributed by atoms with van der Waals surface area (Å²) in [4.78, 5) is 28.7. The van der Waals surface area contributed by atoms with Crippen LogP contribution in [0.5, 0.6) is 11.5 Å². The molecule has 0 radical (unpaired) electrons. The molecule has 0 bridgehead atoms. The van der Waals surface area contributed by atoms with Crippen molar-refractivity contribution in [3.05, 3.63) is 18.2 Å². The number of amides is 2. The number of hydrogen-bond acceptors (Lipinski definition) is 5. The Kier molecular flexibility index (Phi) is 4.25. The largest absolute Gasteiger partial charge is 0.486 e. The van der Waals surface area contributed by atoms with Gasteiger partial charge in [0.1, 0.15) is 13.2 Å². The summed E-state index contributed by atoms with van der Waals surface area (Å²) in [6.45, 7) is 5.14. The normalized spacial score (nSPS) is 26.0. The van der Waals surface area contributed by atoms with E-state index >= 15 is 0 Å². The van der Waals surface area contributed by atoms with Crippen LogP contribution < -0.4 is 14.4 Å². The number of fused-ring (bicyclic) bond motifs is 1. The quantitative estimate of drug-likeness (QED) is 0.801. The number of anilines is 1. The Labute approximate surface area is 146 Å². The molecule has 0 spiro atoms. The first kappa shape index (κ1) is 16.2. The Morgan fingerprint density at radius 1 is 1.12 bits per heavy atom. The highest BCUT2D eigenvalue weighted by Gasteiger charge is 2.38. The number of hydrogen-bond donors (Lipinski definition) is 0. The second-order valence-electron chi connectivity index (χ2n) is 6.70. The molecule has 2 fully saturated rings. The maximum Gasteiger partial charge on any atom is 0.228 e. The third-order valence-electron chi connectivity index (χ3n) is 4.86. The molecule has 0 saturated carbocycles. The molecule has 1 aromatic carbocycles. The lowest BCUT2D eigenvalue weighted by Gasteiger charge is -2.32. The SMILES string of the molecule is CC1CN(C(=O)C2CC(=O)N(c3ccc4c(c3)OCCO4)C2)CCO1. The average Bonchev–Trinajstić information content (AvgIpc) is 3.02. The lowest BCUT2D eigenvalue weighted by molar-refractivity contribution is -0.142. The molecule has 7 nitrogen and oxygen atoms in total. The zero-order chi connectivity index (χ0) is 17.4. The van der Waals surface area contributed by atoms with Crippen LogP contribution in [0.25, 0.3) is 0 Å². The van der Waals surface area contributed by atoms with Gasteiger partial charge in [0.2, 0.25) is 11.8 Å². The molecule has 2 atom stereocenters. The van der Waals surface area contributed by atoms with Crippen molar-refractivity contribution in [2.24, 2.45) is 5.92 Å². The van der Waals surface area contributed by atoms with E-state index in [1.807, 2.05) is 30.0 Å². The molecule has 2 amide bonds. The first-order valence-electron chi connectivity index (χ1n) is 8.72. The van der Waals surface area contributed by atoms with E-state index in [0.29, 0.717) is 51.0 Å². The Balaban J connectivity index is 1.47. The van der Waals surface area contributed by atoms with Crippen LogP contribution in [0.1, 0.15) is 13.3 Å². The van der Waals surface area contributed by atoms with Crippen molar-refractivity contribution in [3.8, 4) is 11.5 Å². The van der Waals surface area contributed by atoms with Crippen molar-refractivity contribution in [1.29, 1.82) is 0 Å². The summed E-state index contributed by atoms with van der Waals surface area (Å²) in [6, 6.07) is 5.47. The summed E-state index contributed by atoms with van der Waals surface area (Å²) in [5, 5.41) is 0. The lowest BCUT2D eigenvalue weighted by atomic mass is 10.1. The number of carbonyl (C=O) groups is 2. The fourth-order valence-corrected chi connectivity index (χ4v) is 3.60. The highest BCUT2D eigenvalue weighted by molar-refractivity contribution is 6.00. The molecule has 7 heteroatoms. The summed E-state index contributed by atoms with van der Waals surface area (Å²) in [6.07, 6.45) is 0.294. The summed E-state index contributed by atoms with van der Waals surface area (Å²) in [5.41, 5.74) is 0.750. The Bertz CT molecular complexity index is 692. The number of morpholine rings is 1. The van der Waals surface area contributed by atoms with Crippen LogP contribution in [0.15, 0.2) is 18.2 Å². The van der Waals surface area contributed by atoms with E-state index in [1.165, 1.54) is 0 Å². The van der Waals surface area contributed by atoms with E-state index < -0.39 is 0 Å². The van der Waals surface area contributed by atoms with E-state index in [1.54, 1.807) is 4.90 Å². The molecule has 1 aromatic rings. The topological polar surface area (TPSA) is 68.3 Å². The van der Waals surface area contributed by atoms with Gasteiger partial charge in [0.25, 0.3) is 0 Å². The molecular weight excluding hydrogens is 324 g/mol. The van der Waals surface area contributed by atoms with Crippen molar-refractivity contribution >= 4 is 17.5 Å². The van der Waals surface area contributed by atoms with E-state index in [-0.39, 0.29) is 30.3 Å². The van der Waals surface area contributed by atoms with Gasteiger partial charge in [-0.3, -0.25) is 9.59 Å². The third-order valence-corrected chi connectivity index (χ3v) is 4.86. The van der Waals surface area contributed by atoms with E-state index in [4.69, 9.17) is 14.2 Å². The van der Waals surface area contributed by atoms with Crippen LogP contribution in [0.2, 0.25) is 0 Å². The molecule has 3 aliphatic rings. The fourth-order valence-electron chi connectivity index (χ4n) is 3.60. The highest BCUT2D eigenvalue weighted by atomic mass is 16.6.